The van der Waals surface area contributed by atoms with Gasteiger partial charge in [-0.3, -0.25) is 4.98 Å². The zero-order valence-corrected chi connectivity index (χ0v) is 10.8. The van der Waals surface area contributed by atoms with Crippen molar-refractivity contribution >= 4 is 11.3 Å². The Hall–Kier alpha value is -1.26. The van der Waals surface area contributed by atoms with Crippen LogP contribution in [0.25, 0.3) is 0 Å². The van der Waals surface area contributed by atoms with Gasteiger partial charge in [-0.1, -0.05) is 12.1 Å². The molecule has 1 heterocycles. The van der Waals surface area contributed by atoms with Gasteiger partial charge in [0.1, 0.15) is 5.82 Å². The van der Waals surface area contributed by atoms with E-state index in [4.69, 9.17) is 0 Å². The molecule has 1 N–H and O–H groups in total. The van der Waals surface area contributed by atoms with Crippen molar-refractivity contribution in [2.24, 2.45) is 0 Å². The van der Waals surface area contributed by atoms with Gasteiger partial charge in [0.15, 0.2) is 0 Å². The summed E-state index contributed by atoms with van der Waals surface area (Å²) in [6.07, 6.45) is 4.10. The van der Waals surface area contributed by atoms with Crippen molar-refractivity contribution in [3.8, 4) is 0 Å². The minimum atomic E-state index is -0.131. The minimum Gasteiger partial charge on any atom is -0.309 e. The van der Waals surface area contributed by atoms with Crippen molar-refractivity contribution in [2.45, 2.75) is 31.3 Å². The number of benzene rings is 1. The maximum atomic E-state index is 13.1. The summed E-state index contributed by atoms with van der Waals surface area (Å²) in [5, 5.41) is 3.51. The molecule has 0 atom stereocenters. The summed E-state index contributed by atoms with van der Waals surface area (Å²) < 4.78 is 13.1. The number of hydrogen-bond donors (Lipinski definition) is 1. The molecule has 0 spiro atoms. The number of hydrogen-bond acceptors (Lipinski definition) is 3. The van der Waals surface area contributed by atoms with Crippen LogP contribution in [0.4, 0.5) is 4.39 Å². The highest BCUT2D eigenvalue weighted by molar-refractivity contribution is 7.09. The Bertz CT molecular complexity index is 506. The highest BCUT2D eigenvalue weighted by atomic mass is 32.1. The second kappa shape index (κ2) is 5.16. The van der Waals surface area contributed by atoms with Crippen LogP contribution in [0.1, 0.15) is 29.2 Å². The first-order valence-electron chi connectivity index (χ1n) is 6.17. The van der Waals surface area contributed by atoms with Crippen LogP contribution in [-0.4, -0.2) is 11.0 Å². The SMILES string of the molecule is Fc1cccc(C2CC(NCc3cncs3)C2)c1. The molecular weight excluding hydrogens is 247 g/mol. The largest absolute Gasteiger partial charge is 0.309 e. The predicted octanol–water partition coefficient (Wildman–Crippen LogP) is 3.32. The summed E-state index contributed by atoms with van der Waals surface area (Å²) in [4.78, 5) is 5.32. The lowest BCUT2D eigenvalue weighted by Crippen LogP contribution is -2.39. The van der Waals surface area contributed by atoms with Crippen molar-refractivity contribution in [1.82, 2.24) is 10.3 Å². The predicted molar refractivity (Wildman–Crippen MR) is 71.1 cm³/mol. The van der Waals surface area contributed by atoms with Crippen molar-refractivity contribution in [1.29, 1.82) is 0 Å². The molecule has 18 heavy (non-hydrogen) atoms. The van der Waals surface area contributed by atoms with E-state index in [2.05, 4.69) is 10.3 Å². The Morgan fingerprint density at radius 1 is 1.39 bits per heavy atom. The molecule has 1 aliphatic rings. The van der Waals surface area contributed by atoms with Crippen LogP contribution >= 0.6 is 11.3 Å². The molecular formula is C14H15FN2S. The molecule has 0 aliphatic heterocycles. The monoisotopic (exact) mass is 262 g/mol. The standard InChI is InChI=1S/C14H15FN2S/c15-12-3-1-2-10(4-12)11-5-13(6-11)17-8-14-7-16-9-18-14/h1-4,7,9,11,13,17H,5-6,8H2. The lowest BCUT2D eigenvalue weighted by atomic mass is 9.76. The molecule has 4 heteroatoms. The van der Waals surface area contributed by atoms with Gasteiger partial charge in [0, 0.05) is 23.7 Å². The average Bonchev–Trinajstić information content (AvgIpc) is 2.80. The second-order valence-corrected chi connectivity index (χ2v) is 5.74. The van der Waals surface area contributed by atoms with Gasteiger partial charge in [-0.05, 0) is 36.5 Å². The molecule has 1 fully saturated rings. The first-order chi connectivity index (χ1) is 8.81. The van der Waals surface area contributed by atoms with Crippen molar-refractivity contribution < 1.29 is 4.39 Å². The normalized spacial score (nSPS) is 22.7. The fourth-order valence-corrected chi connectivity index (χ4v) is 2.94. The van der Waals surface area contributed by atoms with Crippen LogP contribution in [0.5, 0.6) is 0 Å². The summed E-state index contributed by atoms with van der Waals surface area (Å²) in [6, 6.07) is 7.53. The highest BCUT2D eigenvalue weighted by Gasteiger charge is 2.29. The lowest BCUT2D eigenvalue weighted by molar-refractivity contribution is 0.289. The molecule has 0 bridgehead atoms. The molecule has 3 rings (SSSR count). The summed E-state index contributed by atoms with van der Waals surface area (Å²) >= 11 is 1.68. The molecule has 1 aromatic carbocycles. The number of thiazole rings is 1. The Balaban J connectivity index is 1.48. The van der Waals surface area contributed by atoms with Crippen LogP contribution in [0.15, 0.2) is 36.0 Å². The van der Waals surface area contributed by atoms with Crippen LogP contribution in [0.3, 0.4) is 0 Å². The van der Waals surface area contributed by atoms with Crippen molar-refractivity contribution in [2.75, 3.05) is 0 Å². The quantitative estimate of drug-likeness (QED) is 0.914. The van der Waals surface area contributed by atoms with Crippen LogP contribution in [0, 0.1) is 5.82 Å². The van der Waals surface area contributed by atoms with Gasteiger partial charge >= 0.3 is 0 Å². The van der Waals surface area contributed by atoms with E-state index < -0.39 is 0 Å². The molecule has 94 valence electrons. The highest BCUT2D eigenvalue weighted by Crippen LogP contribution is 2.37. The summed E-state index contributed by atoms with van der Waals surface area (Å²) in [6.45, 7) is 0.894. The van der Waals surface area contributed by atoms with Gasteiger partial charge in [-0.15, -0.1) is 11.3 Å². The van der Waals surface area contributed by atoms with E-state index in [1.807, 2.05) is 17.8 Å². The number of nitrogens with one attached hydrogen (secondary N) is 1. The fourth-order valence-electron chi connectivity index (χ4n) is 2.39. The average molecular weight is 262 g/mol. The molecule has 1 aliphatic carbocycles. The van der Waals surface area contributed by atoms with Crippen LogP contribution in [-0.2, 0) is 6.54 Å². The number of halogens is 1. The zero-order valence-electron chi connectivity index (χ0n) is 9.97. The summed E-state index contributed by atoms with van der Waals surface area (Å²) in [5.74, 6) is 0.383. The van der Waals surface area contributed by atoms with Crippen LogP contribution < -0.4 is 5.32 Å². The first-order valence-corrected chi connectivity index (χ1v) is 7.05. The third kappa shape index (κ3) is 2.60. The summed E-state index contributed by atoms with van der Waals surface area (Å²) in [7, 11) is 0. The molecule has 0 amide bonds. The van der Waals surface area contributed by atoms with Crippen molar-refractivity contribution in [3.05, 3.63) is 52.2 Å². The molecule has 0 unspecified atom stereocenters. The topological polar surface area (TPSA) is 24.9 Å². The molecule has 0 saturated heterocycles. The third-order valence-electron chi connectivity index (χ3n) is 3.51. The molecule has 1 saturated carbocycles. The number of aromatic nitrogens is 1. The maximum absolute atomic E-state index is 13.1. The van der Waals surface area contributed by atoms with E-state index in [1.54, 1.807) is 23.5 Å². The Morgan fingerprint density at radius 3 is 3.00 bits per heavy atom. The number of nitrogens with zero attached hydrogens (tertiary/aromatic N) is 1. The van der Waals surface area contributed by atoms with E-state index in [0.29, 0.717) is 12.0 Å². The van der Waals surface area contributed by atoms with Crippen molar-refractivity contribution in [3.63, 3.8) is 0 Å². The number of rotatable bonds is 4. The molecule has 0 radical (unpaired) electrons. The van der Waals surface area contributed by atoms with E-state index in [0.717, 1.165) is 24.9 Å². The van der Waals surface area contributed by atoms with E-state index in [1.165, 1.54) is 10.9 Å². The van der Waals surface area contributed by atoms with Gasteiger partial charge in [-0.25, -0.2) is 4.39 Å². The van der Waals surface area contributed by atoms with E-state index >= 15 is 0 Å². The zero-order chi connectivity index (χ0) is 12.4. The summed E-state index contributed by atoms with van der Waals surface area (Å²) in [5.41, 5.74) is 2.98. The minimum absolute atomic E-state index is 0.131. The fraction of sp³-hybridized carbons (Fsp3) is 0.357. The Morgan fingerprint density at radius 2 is 2.28 bits per heavy atom. The molecule has 1 aromatic heterocycles. The smallest absolute Gasteiger partial charge is 0.123 e. The lowest BCUT2D eigenvalue weighted by Gasteiger charge is -2.36. The van der Waals surface area contributed by atoms with Gasteiger partial charge in [-0.2, -0.15) is 0 Å². The van der Waals surface area contributed by atoms with Gasteiger partial charge in [0.25, 0.3) is 0 Å². The third-order valence-corrected chi connectivity index (χ3v) is 4.29. The Kier molecular flexibility index (Phi) is 3.39. The maximum Gasteiger partial charge on any atom is 0.123 e. The molecule has 2 aromatic rings. The van der Waals surface area contributed by atoms with Gasteiger partial charge in [0.2, 0.25) is 0 Å². The van der Waals surface area contributed by atoms with E-state index in [-0.39, 0.29) is 5.82 Å². The van der Waals surface area contributed by atoms with E-state index in [9.17, 15) is 4.39 Å². The van der Waals surface area contributed by atoms with Gasteiger partial charge in [0.05, 0.1) is 5.51 Å². The van der Waals surface area contributed by atoms with Crippen LogP contribution in [0.2, 0.25) is 0 Å². The second-order valence-electron chi connectivity index (χ2n) is 4.77. The Labute approximate surface area is 110 Å². The van der Waals surface area contributed by atoms with Gasteiger partial charge < -0.3 is 5.32 Å². The first kappa shape index (κ1) is 11.8. The molecule has 2 nitrogen and oxygen atoms in total.